The van der Waals surface area contributed by atoms with Gasteiger partial charge in [0, 0.05) is 33.2 Å². The molecule has 1 aliphatic rings. The summed E-state index contributed by atoms with van der Waals surface area (Å²) in [5.41, 5.74) is 13.3. The van der Waals surface area contributed by atoms with Gasteiger partial charge in [-0.2, -0.15) is 0 Å². The van der Waals surface area contributed by atoms with Crippen molar-refractivity contribution in [2.45, 2.75) is 5.41 Å². The van der Waals surface area contributed by atoms with Crippen molar-refractivity contribution in [1.29, 1.82) is 0 Å². The van der Waals surface area contributed by atoms with Gasteiger partial charge in [-0.15, -0.1) is 0 Å². The first-order valence-electron chi connectivity index (χ1n) is 19.0. The fourth-order valence-corrected chi connectivity index (χ4v) is 8.90. The lowest BCUT2D eigenvalue weighted by Crippen LogP contribution is -2.28. The molecule has 0 radical (unpaired) electrons. The topological polar surface area (TPSA) is 43.6 Å². The van der Waals surface area contributed by atoms with E-state index >= 15 is 0 Å². The zero-order valence-electron chi connectivity index (χ0n) is 30.4. The molecule has 0 atom stereocenters. The maximum Gasteiger partial charge on any atom is 0.164 e. The Morgan fingerprint density at radius 1 is 0.339 bits per heavy atom. The van der Waals surface area contributed by atoms with Gasteiger partial charge in [-0.25, -0.2) is 15.0 Å². The molecule has 0 saturated heterocycles. The molecule has 0 spiro atoms. The predicted octanol–water partition coefficient (Wildman–Crippen LogP) is 12.3. The number of rotatable bonds is 6. The summed E-state index contributed by atoms with van der Waals surface area (Å²) in [6.45, 7) is 0. The predicted molar refractivity (Wildman–Crippen MR) is 228 cm³/mol. The van der Waals surface area contributed by atoms with Gasteiger partial charge in [0.15, 0.2) is 17.5 Å². The molecule has 0 fully saturated rings. The lowest BCUT2D eigenvalue weighted by Gasteiger charge is -2.34. The summed E-state index contributed by atoms with van der Waals surface area (Å²) < 4.78 is 2.41. The average molecular weight is 715 g/mol. The van der Waals surface area contributed by atoms with Gasteiger partial charge in [0.05, 0.1) is 16.4 Å². The maximum atomic E-state index is 5.07. The van der Waals surface area contributed by atoms with Crippen molar-refractivity contribution in [2.75, 3.05) is 0 Å². The van der Waals surface area contributed by atoms with Crippen molar-refractivity contribution in [2.24, 2.45) is 0 Å². The second kappa shape index (κ2) is 12.9. The molecule has 10 aromatic rings. The lowest BCUT2D eigenvalue weighted by atomic mass is 9.67. The Morgan fingerprint density at radius 2 is 0.857 bits per heavy atom. The Labute approximate surface area is 325 Å². The summed E-state index contributed by atoms with van der Waals surface area (Å²) in [5, 5.41) is 2.43. The number of nitrogens with zero attached hydrogens (tertiary/aromatic N) is 4. The highest BCUT2D eigenvalue weighted by atomic mass is 15.0. The standard InChI is InChI=1S/C52H34N4/c1-5-18-35(19-6-1)49-53-50(36-20-7-2-8-21-36)55-51(54-49)37-22-17-27-40(32-37)56-47-31-16-14-29-42(47)44-33-43-41-28-13-15-30-45(41)52(46(43)34-48(44)56,38-23-9-3-10-24-38)39-25-11-4-12-26-39/h1-34H. The van der Waals surface area contributed by atoms with Crippen LogP contribution in [0.5, 0.6) is 0 Å². The zero-order valence-corrected chi connectivity index (χ0v) is 30.4. The van der Waals surface area contributed by atoms with Crippen LogP contribution in [-0.2, 0) is 5.41 Å². The van der Waals surface area contributed by atoms with Gasteiger partial charge < -0.3 is 4.57 Å². The van der Waals surface area contributed by atoms with Crippen molar-refractivity contribution in [3.8, 4) is 51.0 Å². The number of fused-ring (bicyclic) bond motifs is 6. The van der Waals surface area contributed by atoms with E-state index in [9.17, 15) is 0 Å². The summed E-state index contributed by atoms with van der Waals surface area (Å²) in [7, 11) is 0. The fraction of sp³-hybridized carbons (Fsp3) is 0.0192. The Bertz CT molecular complexity index is 2960. The molecule has 0 amide bonds. The Morgan fingerprint density at radius 3 is 1.50 bits per heavy atom. The lowest BCUT2D eigenvalue weighted by molar-refractivity contribution is 0.769. The van der Waals surface area contributed by atoms with Crippen molar-refractivity contribution in [1.82, 2.24) is 19.5 Å². The van der Waals surface area contributed by atoms with Gasteiger partial charge in [0.2, 0.25) is 0 Å². The first-order valence-corrected chi connectivity index (χ1v) is 19.0. The van der Waals surface area contributed by atoms with Crippen LogP contribution in [-0.4, -0.2) is 19.5 Å². The Balaban J connectivity index is 1.17. The zero-order chi connectivity index (χ0) is 37.1. The third-order valence-corrected chi connectivity index (χ3v) is 11.3. The van der Waals surface area contributed by atoms with Crippen LogP contribution in [0.25, 0.3) is 72.8 Å². The molecule has 8 aromatic carbocycles. The van der Waals surface area contributed by atoms with Gasteiger partial charge in [-0.1, -0.05) is 176 Å². The molecule has 2 heterocycles. The second-order valence-electron chi connectivity index (χ2n) is 14.4. The van der Waals surface area contributed by atoms with E-state index in [-0.39, 0.29) is 0 Å². The minimum atomic E-state index is -0.502. The Kier molecular flexibility index (Phi) is 7.36. The highest BCUT2D eigenvalue weighted by molar-refractivity contribution is 6.12. The number of para-hydroxylation sites is 1. The van der Waals surface area contributed by atoms with Crippen LogP contribution in [0.3, 0.4) is 0 Å². The number of hydrogen-bond acceptors (Lipinski definition) is 3. The molecule has 1 aliphatic carbocycles. The molecule has 262 valence electrons. The van der Waals surface area contributed by atoms with Gasteiger partial charge in [-0.05, 0) is 63.7 Å². The number of hydrogen-bond donors (Lipinski definition) is 0. The molecular weight excluding hydrogens is 681 g/mol. The fourth-order valence-electron chi connectivity index (χ4n) is 8.90. The van der Waals surface area contributed by atoms with Crippen LogP contribution in [0.15, 0.2) is 206 Å². The van der Waals surface area contributed by atoms with Gasteiger partial charge in [-0.3, -0.25) is 0 Å². The van der Waals surface area contributed by atoms with Crippen LogP contribution < -0.4 is 0 Å². The molecule has 0 unspecified atom stereocenters. The largest absolute Gasteiger partial charge is 0.309 e. The Hall–Kier alpha value is -7.43. The van der Waals surface area contributed by atoms with Gasteiger partial charge >= 0.3 is 0 Å². The molecule has 0 aliphatic heterocycles. The maximum absolute atomic E-state index is 5.07. The average Bonchev–Trinajstić information content (AvgIpc) is 3.76. The molecule has 4 nitrogen and oxygen atoms in total. The van der Waals surface area contributed by atoms with E-state index < -0.39 is 5.41 Å². The monoisotopic (exact) mass is 714 g/mol. The van der Waals surface area contributed by atoms with Crippen molar-refractivity contribution >= 4 is 21.8 Å². The first kappa shape index (κ1) is 32.0. The van der Waals surface area contributed by atoms with Crippen LogP contribution in [0.4, 0.5) is 0 Å². The molecule has 0 N–H and O–H groups in total. The van der Waals surface area contributed by atoms with Crippen LogP contribution in [0.2, 0.25) is 0 Å². The first-order chi connectivity index (χ1) is 27.8. The molecule has 0 bridgehead atoms. The van der Waals surface area contributed by atoms with E-state index in [4.69, 9.17) is 15.0 Å². The van der Waals surface area contributed by atoms with Crippen molar-refractivity contribution in [3.05, 3.63) is 229 Å². The molecule has 4 heteroatoms. The summed E-state index contributed by atoms with van der Waals surface area (Å²) in [5.74, 6) is 1.92. The molecule has 2 aromatic heterocycles. The normalized spacial score (nSPS) is 12.8. The van der Waals surface area contributed by atoms with E-state index in [0.717, 1.165) is 33.4 Å². The minimum Gasteiger partial charge on any atom is -0.309 e. The quantitative estimate of drug-likeness (QED) is 0.172. The summed E-state index contributed by atoms with van der Waals surface area (Å²) in [4.78, 5) is 15.1. The van der Waals surface area contributed by atoms with Crippen molar-refractivity contribution < 1.29 is 0 Å². The molecular formula is C52H34N4. The van der Waals surface area contributed by atoms with Crippen LogP contribution in [0, 0.1) is 0 Å². The molecule has 56 heavy (non-hydrogen) atoms. The highest BCUT2D eigenvalue weighted by Gasteiger charge is 2.46. The molecule has 0 saturated carbocycles. The van der Waals surface area contributed by atoms with E-state index in [0.29, 0.717) is 17.5 Å². The summed E-state index contributed by atoms with van der Waals surface area (Å²) >= 11 is 0. The summed E-state index contributed by atoms with van der Waals surface area (Å²) in [6, 6.07) is 73.5. The van der Waals surface area contributed by atoms with Crippen LogP contribution >= 0.6 is 0 Å². The smallest absolute Gasteiger partial charge is 0.164 e. The van der Waals surface area contributed by atoms with E-state index in [2.05, 4.69) is 150 Å². The third-order valence-electron chi connectivity index (χ3n) is 11.3. The van der Waals surface area contributed by atoms with E-state index in [1.54, 1.807) is 0 Å². The highest BCUT2D eigenvalue weighted by Crippen LogP contribution is 2.57. The van der Waals surface area contributed by atoms with E-state index in [1.165, 1.54) is 44.2 Å². The third kappa shape index (κ3) is 4.89. The van der Waals surface area contributed by atoms with Crippen LogP contribution in [0.1, 0.15) is 22.3 Å². The number of aromatic nitrogens is 4. The minimum absolute atomic E-state index is 0.502. The molecule has 11 rings (SSSR count). The number of benzene rings is 8. The van der Waals surface area contributed by atoms with Crippen molar-refractivity contribution in [3.63, 3.8) is 0 Å². The van der Waals surface area contributed by atoms with Gasteiger partial charge in [0.1, 0.15) is 0 Å². The SMILES string of the molecule is c1ccc(-c2nc(-c3ccccc3)nc(-c3cccc(-n4c5ccccc5c5cc6c(cc54)C(c4ccccc4)(c4ccccc4)c4ccccc4-6)c3)n2)cc1. The van der Waals surface area contributed by atoms with Gasteiger partial charge in [0.25, 0.3) is 0 Å². The second-order valence-corrected chi connectivity index (χ2v) is 14.4. The summed E-state index contributed by atoms with van der Waals surface area (Å²) in [6.07, 6.45) is 0. The van der Waals surface area contributed by atoms with E-state index in [1.807, 2.05) is 60.7 Å².